The molecule has 0 spiro atoms. The van der Waals surface area contributed by atoms with Crippen molar-refractivity contribution in [3.8, 4) is 10.6 Å². The summed E-state index contributed by atoms with van der Waals surface area (Å²) in [6.07, 6.45) is 3.64. The molecule has 0 atom stereocenters. The Bertz CT molecular complexity index is 683. The Morgan fingerprint density at radius 3 is 2.88 bits per heavy atom. The van der Waals surface area contributed by atoms with Crippen LogP contribution < -0.4 is 0 Å². The van der Waals surface area contributed by atoms with Crippen molar-refractivity contribution in [2.75, 3.05) is 0 Å². The Hall–Kier alpha value is -1.94. The molecule has 0 bridgehead atoms. The molecule has 0 unspecified atom stereocenters. The van der Waals surface area contributed by atoms with E-state index in [-0.39, 0.29) is 5.91 Å². The largest absolute Gasteiger partial charge is 0.287 e. The molecule has 84 valence electrons. The number of para-hydroxylation sites is 1. The van der Waals surface area contributed by atoms with Gasteiger partial charge in [0.15, 0.2) is 0 Å². The zero-order chi connectivity index (χ0) is 11.8. The van der Waals surface area contributed by atoms with Gasteiger partial charge >= 0.3 is 0 Å². The second-order valence-electron chi connectivity index (χ2n) is 3.79. The summed E-state index contributed by atoms with van der Waals surface area (Å²) in [7, 11) is 0. The SMILES string of the molecule is CC(=O)n1cc(-c2nccs2)c2ccccc21. The zero-order valence-corrected chi connectivity index (χ0v) is 10.1. The van der Waals surface area contributed by atoms with Crippen LogP contribution in [0.2, 0.25) is 0 Å². The minimum atomic E-state index is 0.0176. The molecule has 0 aliphatic carbocycles. The Morgan fingerprint density at radius 2 is 2.18 bits per heavy atom. The van der Waals surface area contributed by atoms with Crippen LogP contribution in [0, 0.1) is 0 Å². The van der Waals surface area contributed by atoms with Crippen LogP contribution in [-0.2, 0) is 0 Å². The molecule has 0 saturated heterocycles. The Balaban J connectivity index is 2.37. The molecule has 3 aromatic rings. The van der Waals surface area contributed by atoms with Crippen molar-refractivity contribution in [1.82, 2.24) is 9.55 Å². The van der Waals surface area contributed by atoms with E-state index in [9.17, 15) is 4.79 Å². The molecule has 0 aliphatic heterocycles. The molecule has 0 radical (unpaired) electrons. The number of hydrogen-bond acceptors (Lipinski definition) is 3. The first kappa shape index (κ1) is 10.2. The molecular formula is C13H10N2OS. The molecule has 0 fully saturated rings. The van der Waals surface area contributed by atoms with Gasteiger partial charge in [-0.3, -0.25) is 9.36 Å². The van der Waals surface area contributed by atoms with E-state index in [1.165, 1.54) is 0 Å². The average molecular weight is 242 g/mol. The van der Waals surface area contributed by atoms with Crippen molar-refractivity contribution >= 4 is 28.1 Å². The molecule has 3 nitrogen and oxygen atoms in total. The van der Waals surface area contributed by atoms with Crippen LogP contribution in [0.25, 0.3) is 21.5 Å². The molecule has 2 heterocycles. The third-order valence-corrected chi connectivity index (χ3v) is 3.52. The van der Waals surface area contributed by atoms with Crippen LogP contribution in [-0.4, -0.2) is 15.5 Å². The lowest BCUT2D eigenvalue weighted by atomic mass is 10.2. The van der Waals surface area contributed by atoms with Crippen LogP contribution in [0.3, 0.4) is 0 Å². The first-order valence-electron chi connectivity index (χ1n) is 5.28. The van der Waals surface area contributed by atoms with Gasteiger partial charge in [-0.05, 0) is 6.07 Å². The highest BCUT2D eigenvalue weighted by atomic mass is 32.1. The van der Waals surface area contributed by atoms with Gasteiger partial charge in [0.25, 0.3) is 0 Å². The van der Waals surface area contributed by atoms with E-state index in [4.69, 9.17) is 0 Å². The highest BCUT2D eigenvalue weighted by Crippen LogP contribution is 2.31. The maximum absolute atomic E-state index is 11.6. The van der Waals surface area contributed by atoms with Gasteiger partial charge < -0.3 is 0 Å². The fourth-order valence-corrected chi connectivity index (χ4v) is 2.63. The number of aromatic nitrogens is 2. The lowest BCUT2D eigenvalue weighted by Gasteiger charge is -1.96. The predicted molar refractivity (Wildman–Crippen MR) is 69.3 cm³/mol. The summed E-state index contributed by atoms with van der Waals surface area (Å²) in [5, 5.41) is 3.95. The molecule has 0 saturated carbocycles. The van der Waals surface area contributed by atoms with Crippen LogP contribution >= 0.6 is 11.3 Å². The van der Waals surface area contributed by atoms with Gasteiger partial charge in [0.2, 0.25) is 5.91 Å². The topological polar surface area (TPSA) is 34.9 Å². The normalized spacial score (nSPS) is 10.9. The van der Waals surface area contributed by atoms with Gasteiger partial charge in [0.05, 0.1) is 5.52 Å². The number of carbonyl (C=O) groups excluding carboxylic acids is 1. The van der Waals surface area contributed by atoms with Gasteiger partial charge in [0.1, 0.15) is 5.01 Å². The molecule has 2 aromatic heterocycles. The van der Waals surface area contributed by atoms with Crippen molar-refractivity contribution in [3.63, 3.8) is 0 Å². The quantitative estimate of drug-likeness (QED) is 0.655. The second kappa shape index (κ2) is 3.82. The number of thiazole rings is 1. The summed E-state index contributed by atoms with van der Waals surface area (Å²) >= 11 is 1.58. The summed E-state index contributed by atoms with van der Waals surface area (Å²) in [6.45, 7) is 1.57. The van der Waals surface area contributed by atoms with E-state index in [1.54, 1.807) is 29.0 Å². The van der Waals surface area contributed by atoms with E-state index in [1.807, 2.05) is 35.8 Å². The predicted octanol–water partition coefficient (Wildman–Crippen LogP) is 3.42. The van der Waals surface area contributed by atoms with Crippen molar-refractivity contribution in [1.29, 1.82) is 0 Å². The first-order chi connectivity index (χ1) is 8.27. The van der Waals surface area contributed by atoms with Crippen LogP contribution in [0.4, 0.5) is 0 Å². The van der Waals surface area contributed by atoms with Gasteiger partial charge in [0, 0.05) is 35.6 Å². The van der Waals surface area contributed by atoms with Gasteiger partial charge in [-0.1, -0.05) is 18.2 Å². The Labute approximate surface area is 102 Å². The molecule has 4 heteroatoms. The fraction of sp³-hybridized carbons (Fsp3) is 0.0769. The van der Waals surface area contributed by atoms with Gasteiger partial charge in [-0.15, -0.1) is 11.3 Å². The highest BCUT2D eigenvalue weighted by molar-refractivity contribution is 7.13. The number of nitrogens with zero attached hydrogens (tertiary/aromatic N) is 2. The van der Waals surface area contributed by atoms with Crippen LogP contribution in [0.5, 0.6) is 0 Å². The fourth-order valence-electron chi connectivity index (χ4n) is 1.97. The van der Waals surface area contributed by atoms with Gasteiger partial charge in [-0.2, -0.15) is 0 Å². The molecule has 0 amide bonds. The summed E-state index contributed by atoms with van der Waals surface area (Å²) < 4.78 is 1.67. The molecule has 1 aromatic carbocycles. The van der Waals surface area contributed by atoms with E-state index in [2.05, 4.69) is 4.98 Å². The summed E-state index contributed by atoms with van der Waals surface area (Å²) in [6, 6.07) is 7.89. The molecule has 0 aliphatic rings. The van der Waals surface area contributed by atoms with Crippen LogP contribution in [0.1, 0.15) is 11.7 Å². The number of fused-ring (bicyclic) bond motifs is 1. The smallest absolute Gasteiger partial charge is 0.227 e. The first-order valence-corrected chi connectivity index (χ1v) is 6.16. The number of benzene rings is 1. The van der Waals surface area contributed by atoms with E-state index in [0.29, 0.717) is 0 Å². The van der Waals surface area contributed by atoms with E-state index < -0.39 is 0 Å². The Morgan fingerprint density at radius 1 is 1.35 bits per heavy atom. The third kappa shape index (κ3) is 1.57. The summed E-state index contributed by atoms with van der Waals surface area (Å²) in [5.41, 5.74) is 1.95. The highest BCUT2D eigenvalue weighted by Gasteiger charge is 2.13. The monoisotopic (exact) mass is 242 g/mol. The number of hydrogen-bond donors (Lipinski definition) is 0. The summed E-state index contributed by atoms with van der Waals surface area (Å²) in [4.78, 5) is 15.9. The standard InChI is InChI=1S/C13H10N2OS/c1-9(16)15-8-11(13-14-6-7-17-13)10-4-2-3-5-12(10)15/h2-8H,1H3. The number of carbonyl (C=O) groups is 1. The van der Waals surface area contributed by atoms with Crippen molar-refractivity contribution < 1.29 is 4.79 Å². The van der Waals surface area contributed by atoms with E-state index >= 15 is 0 Å². The molecule has 17 heavy (non-hydrogen) atoms. The number of rotatable bonds is 1. The minimum absolute atomic E-state index is 0.0176. The maximum atomic E-state index is 11.6. The molecular weight excluding hydrogens is 232 g/mol. The lowest BCUT2D eigenvalue weighted by Crippen LogP contribution is -2.02. The third-order valence-electron chi connectivity index (χ3n) is 2.71. The van der Waals surface area contributed by atoms with Crippen LogP contribution in [0.15, 0.2) is 42.0 Å². The van der Waals surface area contributed by atoms with Gasteiger partial charge in [-0.25, -0.2) is 4.98 Å². The van der Waals surface area contributed by atoms with Crippen molar-refractivity contribution in [2.45, 2.75) is 6.92 Å². The molecule has 0 N–H and O–H groups in total. The van der Waals surface area contributed by atoms with Crippen molar-refractivity contribution in [2.24, 2.45) is 0 Å². The Kier molecular flexibility index (Phi) is 2.30. The maximum Gasteiger partial charge on any atom is 0.227 e. The molecule has 3 rings (SSSR count). The summed E-state index contributed by atoms with van der Waals surface area (Å²) in [5.74, 6) is 0.0176. The average Bonchev–Trinajstić information content (AvgIpc) is 2.95. The lowest BCUT2D eigenvalue weighted by molar-refractivity contribution is 0.0942. The minimum Gasteiger partial charge on any atom is -0.287 e. The van der Waals surface area contributed by atoms with E-state index in [0.717, 1.165) is 21.5 Å². The second-order valence-corrected chi connectivity index (χ2v) is 4.68. The zero-order valence-electron chi connectivity index (χ0n) is 9.25. The van der Waals surface area contributed by atoms with Crippen molar-refractivity contribution in [3.05, 3.63) is 42.0 Å².